The first-order chi connectivity index (χ1) is 8.42. The monoisotopic (exact) mass is 244 g/mol. The zero-order chi connectivity index (χ0) is 11.0. The fourth-order valence-corrected chi connectivity index (χ4v) is 7.05. The van der Waals surface area contributed by atoms with Crippen LogP contribution in [0.25, 0.3) is 0 Å². The van der Waals surface area contributed by atoms with Gasteiger partial charge in [-0.05, 0) is 63.2 Å². The second kappa shape index (κ2) is 3.23. The highest BCUT2D eigenvalue weighted by molar-refractivity contribution is 7.87. The minimum absolute atomic E-state index is 0.977. The lowest BCUT2D eigenvalue weighted by molar-refractivity contribution is 0.282. The van der Waals surface area contributed by atoms with Crippen molar-refractivity contribution in [1.82, 2.24) is 0 Å². The van der Waals surface area contributed by atoms with Crippen LogP contribution in [0, 0.1) is 23.7 Å². The van der Waals surface area contributed by atoms with E-state index < -0.39 is 0 Å². The lowest BCUT2D eigenvalue weighted by atomic mass is 9.63. The lowest BCUT2D eigenvalue weighted by Gasteiger charge is -2.38. The van der Waals surface area contributed by atoms with E-state index in [0.717, 1.165) is 23.7 Å². The van der Waals surface area contributed by atoms with E-state index in [2.05, 4.69) is 11.8 Å². The first-order valence-corrected chi connectivity index (χ1v) is 8.40. The number of rotatable bonds is 0. The Morgan fingerprint density at radius 2 is 0.882 bits per heavy atom. The van der Waals surface area contributed by atoms with E-state index in [1.807, 2.05) is 21.0 Å². The van der Waals surface area contributed by atoms with Crippen LogP contribution in [0.2, 0.25) is 0 Å². The van der Waals surface area contributed by atoms with Gasteiger partial charge in [0.25, 0.3) is 11.8 Å². The first kappa shape index (κ1) is 9.72. The quantitative estimate of drug-likeness (QED) is 0.575. The average molecular weight is 244 g/mol. The van der Waals surface area contributed by atoms with Gasteiger partial charge in [0.2, 0.25) is 0 Å². The van der Waals surface area contributed by atoms with Crippen LogP contribution in [0.15, 0.2) is 21.0 Å². The van der Waals surface area contributed by atoms with Gasteiger partial charge in [-0.15, -0.1) is 0 Å². The number of hydrogen-bond acceptors (Lipinski definition) is 1. The second-order valence-electron chi connectivity index (χ2n) is 6.76. The first-order valence-electron chi connectivity index (χ1n) is 7.58. The van der Waals surface area contributed by atoms with Gasteiger partial charge >= 0.3 is 0 Å². The smallest absolute Gasteiger partial charge is 0.0454 e. The van der Waals surface area contributed by atoms with Crippen molar-refractivity contribution < 1.29 is 0 Å². The van der Waals surface area contributed by atoms with Gasteiger partial charge in [0.05, 0.1) is 0 Å². The molecule has 0 N–H and O–H groups in total. The molecule has 2 fully saturated rings. The Bertz CT molecular complexity index is 398. The summed E-state index contributed by atoms with van der Waals surface area (Å²) in [4.78, 5) is 3.74. The number of thioether (sulfide) groups is 1. The molecule has 2 saturated carbocycles. The summed E-state index contributed by atoms with van der Waals surface area (Å²) in [5.74, 6) is 3.92. The summed E-state index contributed by atoms with van der Waals surface area (Å²) in [7, 11) is 0. The molecule has 1 radical (unpaired) electrons. The molecule has 0 spiro atoms. The van der Waals surface area contributed by atoms with Crippen LogP contribution in [-0.4, -0.2) is 0 Å². The van der Waals surface area contributed by atoms with Crippen molar-refractivity contribution in [2.75, 3.05) is 0 Å². The fourth-order valence-electron chi connectivity index (χ4n) is 5.23. The van der Waals surface area contributed by atoms with E-state index >= 15 is 0 Å². The van der Waals surface area contributed by atoms with Crippen LogP contribution in [-0.2, 0) is 11.8 Å². The molecular weight excluding hydrogens is 224 g/mol. The fraction of sp³-hybridized carbons (Fsp3) is 0.750. The van der Waals surface area contributed by atoms with E-state index in [9.17, 15) is 0 Å². The molecule has 7 rings (SSSR count). The summed E-state index contributed by atoms with van der Waals surface area (Å²) in [6, 6.07) is 0. The van der Waals surface area contributed by atoms with E-state index in [0.29, 0.717) is 0 Å². The second-order valence-corrected chi connectivity index (χ2v) is 7.84. The molecule has 0 aromatic rings. The molecule has 1 heteroatoms. The Hall–Kier alpha value is -0.170. The molecule has 0 aromatic carbocycles. The van der Waals surface area contributed by atoms with Gasteiger partial charge in [0.1, 0.15) is 0 Å². The SMILES string of the molecule is C1CC2CCC1C1=C2C2=C([S+]1)C1CCC2CC1. The predicted molar refractivity (Wildman–Crippen MR) is 72.3 cm³/mol. The predicted octanol–water partition coefficient (Wildman–Crippen LogP) is 4.23. The highest BCUT2D eigenvalue weighted by Crippen LogP contribution is 2.60. The highest BCUT2D eigenvalue weighted by atomic mass is 32.2. The van der Waals surface area contributed by atoms with Gasteiger partial charge < -0.3 is 0 Å². The van der Waals surface area contributed by atoms with Gasteiger partial charge in [-0.1, -0.05) is 0 Å². The van der Waals surface area contributed by atoms with Crippen LogP contribution < -0.4 is 0 Å². The Morgan fingerprint density at radius 3 is 1.29 bits per heavy atom. The molecule has 0 saturated heterocycles. The molecular formula is C16H20S+. The molecule has 0 nitrogen and oxygen atoms in total. The average Bonchev–Trinajstić information content (AvgIpc) is 2.85. The van der Waals surface area contributed by atoms with Crippen molar-refractivity contribution >= 4 is 11.8 Å². The van der Waals surface area contributed by atoms with Crippen LogP contribution in [0.5, 0.6) is 0 Å². The summed E-state index contributed by atoms with van der Waals surface area (Å²) in [5, 5.41) is 0. The van der Waals surface area contributed by atoms with Crippen molar-refractivity contribution in [3.8, 4) is 0 Å². The molecule has 0 amide bonds. The topological polar surface area (TPSA) is 0 Å². The van der Waals surface area contributed by atoms with Crippen LogP contribution in [0.1, 0.15) is 51.4 Å². The van der Waals surface area contributed by atoms with Crippen molar-refractivity contribution in [2.45, 2.75) is 51.4 Å². The third-order valence-electron chi connectivity index (χ3n) is 6.05. The number of hydrogen-bond donors (Lipinski definition) is 0. The summed E-state index contributed by atoms with van der Waals surface area (Å²) >= 11 is 2.26. The lowest BCUT2D eigenvalue weighted by Crippen LogP contribution is -2.29. The molecule has 4 bridgehead atoms. The zero-order valence-electron chi connectivity index (χ0n) is 10.4. The van der Waals surface area contributed by atoms with Crippen molar-refractivity contribution in [2.24, 2.45) is 23.7 Å². The van der Waals surface area contributed by atoms with E-state index in [4.69, 9.17) is 0 Å². The molecule has 7 aliphatic rings. The van der Waals surface area contributed by atoms with E-state index in [1.165, 1.54) is 51.4 Å². The van der Waals surface area contributed by atoms with E-state index in [1.54, 1.807) is 0 Å². The Kier molecular flexibility index (Phi) is 1.85. The minimum Gasteiger partial charge on any atom is -0.0454 e. The largest absolute Gasteiger partial charge is 0.276 e. The number of fused-ring (bicyclic) bond motifs is 4. The van der Waals surface area contributed by atoms with Crippen LogP contribution in [0.4, 0.5) is 0 Å². The molecule has 1 aliphatic heterocycles. The Morgan fingerprint density at radius 1 is 0.529 bits per heavy atom. The molecule has 17 heavy (non-hydrogen) atoms. The summed E-state index contributed by atoms with van der Waals surface area (Å²) in [6.45, 7) is 0. The summed E-state index contributed by atoms with van der Waals surface area (Å²) < 4.78 is 0. The molecule has 1 heterocycles. The third kappa shape index (κ3) is 1.13. The van der Waals surface area contributed by atoms with Gasteiger partial charge in [0.15, 0.2) is 9.81 Å². The zero-order valence-corrected chi connectivity index (χ0v) is 11.2. The van der Waals surface area contributed by atoms with Gasteiger partial charge in [-0.25, -0.2) is 0 Å². The van der Waals surface area contributed by atoms with E-state index in [-0.39, 0.29) is 0 Å². The van der Waals surface area contributed by atoms with Crippen molar-refractivity contribution in [3.05, 3.63) is 21.0 Å². The number of allylic oxidation sites excluding steroid dienone is 4. The van der Waals surface area contributed by atoms with Gasteiger partial charge in [-0.2, -0.15) is 0 Å². The molecule has 89 valence electrons. The Labute approximate surface area is 108 Å². The van der Waals surface area contributed by atoms with Crippen LogP contribution in [0.3, 0.4) is 0 Å². The van der Waals surface area contributed by atoms with Crippen LogP contribution >= 0.6 is 0 Å². The van der Waals surface area contributed by atoms with Gasteiger partial charge in [-0.3, -0.25) is 0 Å². The Balaban J connectivity index is 1.68. The highest BCUT2D eigenvalue weighted by Gasteiger charge is 2.56. The van der Waals surface area contributed by atoms with Crippen molar-refractivity contribution in [3.63, 3.8) is 0 Å². The minimum atomic E-state index is 0.977. The normalized spacial score (nSPS) is 46.6. The summed E-state index contributed by atoms with van der Waals surface area (Å²) in [5.41, 5.74) is 3.84. The third-order valence-corrected chi connectivity index (χ3v) is 7.60. The maximum atomic E-state index is 2.26. The molecule has 0 unspecified atom stereocenters. The van der Waals surface area contributed by atoms with Gasteiger partial charge in [0, 0.05) is 23.0 Å². The van der Waals surface area contributed by atoms with Crippen molar-refractivity contribution in [1.29, 1.82) is 0 Å². The molecule has 0 atom stereocenters. The standard InChI is InChI=1S/C16H20S/c1-5-11-6-2-9(1)13-14-10-3-7-12(8-4-10)16(14)17-15(11)13/h9-12H,1-8H2/q+1. The maximum Gasteiger partial charge on any atom is 0.276 e. The molecule has 6 aliphatic carbocycles. The maximum absolute atomic E-state index is 2.26. The molecule has 0 aromatic heterocycles. The summed E-state index contributed by atoms with van der Waals surface area (Å²) in [6.07, 6.45) is 12.1.